The second kappa shape index (κ2) is 9.95. The van der Waals surface area contributed by atoms with Gasteiger partial charge in [-0.05, 0) is 72.2 Å². The molecule has 2 aromatic carbocycles. The zero-order valence-corrected chi connectivity index (χ0v) is 21.2. The topological polar surface area (TPSA) is 67.6 Å². The predicted molar refractivity (Wildman–Crippen MR) is 144 cm³/mol. The minimum atomic E-state index is -0.389. The number of benzene rings is 2. The number of nitrogens with zero attached hydrogens (tertiary/aromatic N) is 2. The van der Waals surface area contributed by atoms with Crippen molar-refractivity contribution >= 4 is 29.0 Å². The number of carbonyl (C=O) groups is 1. The van der Waals surface area contributed by atoms with E-state index in [0.29, 0.717) is 22.4 Å². The van der Waals surface area contributed by atoms with Crippen LogP contribution in [-0.2, 0) is 4.74 Å². The van der Waals surface area contributed by atoms with Gasteiger partial charge < -0.3 is 19.4 Å². The van der Waals surface area contributed by atoms with Gasteiger partial charge >= 0.3 is 5.97 Å². The van der Waals surface area contributed by atoms with E-state index >= 15 is 0 Å². The molecule has 2 unspecified atom stereocenters. The van der Waals surface area contributed by atoms with Crippen LogP contribution < -0.4 is 10.2 Å². The lowest BCUT2D eigenvalue weighted by Crippen LogP contribution is -2.29. The molecular formula is C29H27N3O3S. The molecule has 1 saturated heterocycles. The molecule has 4 aromatic rings. The normalized spacial score (nSPS) is 17.3. The molecular weight excluding hydrogens is 470 g/mol. The summed E-state index contributed by atoms with van der Waals surface area (Å²) in [6, 6.07) is 25.0. The Bertz CT molecular complexity index is 1380. The highest BCUT2D eigenvalue weighted by Gasteiger charge is 2.42. The highest BCUT2D eigenvalue weighted by Crippen LogP contribution is 2.43. The van der Waals surface area contributed by atoms with Crippen molar-refractivity contribution < 1.29 is 13.9 Å². The monoisotopic (exact) mass is 497 g/mol. The molecule has 182 valence electrons. The van der Waals surface area contributed by atoms with Crippen molar-refractivity contribution in [1.29, 1.82) is 0 Å². The van der Waals surface area contributed by atoms with Gasteiger partial charge in [0.1, 0.15) is 17.6 Å². The zero-order valence-electron chi connectivity index (χ0n) is 20.3. The number of furan rings is 1. The predicted octanol–water partition coefficient (Wildman–Crippen LogP) is 6.43. The number of carbonyl (C=O) groups excluding carboxylic acids is 1. The van der Waals surface area contributed by atoms with Crippen molar-refractivity contribution in [2.45, 2.75) is 31.8 Å². The van der Waals surface area contributed by atoms with Crippen LogP contribution in [0.2, 0.25) is 0 Å². The molecule has 5 rings (SSSR count). The molecule has 0 amide bonds. The third kappa shape index (κ3) is 4.50. The Balaban J connectivity index is 1.56. The molecule has 2 aromatic heterocycles. The number of rotatable bonds is 6. The summed E-state index contributed by atoms with van der Waals surface area (Å²) in [5.74, 6) is 1.45. The summed E-state index contributed by atoms with van der Waals surface area (Å²) in [5, 5.41) is 4.07. The van der Waals surface area contributed by atoms with Gasteiger partial charge in [0.05, 0.1) is 24.4 Å². The molecule has 0 saturated carbocycles. The number of methoxy groups -OCH3 is 1. The lowest BCUT2D eigenvalue weighted by molar-refractivity contribution is 0.0601. The lowest BCUT2D eigenvalue weighted by atomic mass is 10.0. The molecule has 1 N–H and O–H groups in total. The smallest absolute Gasteiger partial charge is 0.337 e. The molecule has 1 aliphatic heterocycles. The molecule has 0 aliphatic carbocycles. The number of hydrogen-bond donors (Lipinski definition) is 1. The van der Waals surface area contributed by atoms with Crippen LogP contribution in [0.1, 0.15) is 59.2 Å². The van der Waals surface area contributed by atoms with Crippen LogP contribution in [0.4, 0.5) is 5.69 Å². The first-order chi connectivity index (χ1) is 17.5. The van der Waals surface area contributed by atoms with E-state index in [9.17, 15) is 4.79 Å². The van der Waals surface area contributed by atoms with E-state index in [1.807, 2.05) is 42.5 Å². The van der Waals surface area contributed by atoms with Crippen LogP contribution in [-0.4, -0.2) is 23.2 Å². The maximum absolute atomic E-state index is 12.0. The Kier molecular flexibility index (Phi) is 6.57. The highest BCUT2D eigenvalue weighted by atomic mass is 32.1. The maximum atomic E-state index is 12.0. The summed E-state index contributed by atoms with van der Waals surface area (Å²) >= 11 is 5.81. The van der Waals surface area contributed by atoms with Crippen molar-refractivity contribution in [2.24, 2.45) is 0 Å². The summed E-state index contributed by atoms with van der Waals surface area (Å²) in [4.78, 5) is 18.7. The molecule has 0 radical (unpaired) electrons. The molecule has 1 fully saturated rings. The number of pyridine rings is 1. The fourth-order valence-corrected chi connectivity index (χ4v) is 4.87. The molecule has 3 heterocycles. The number of aromatic nitrogens is 1. The second-order valence-corrected chi connectivity index (χ2v) is 9.40. The number of esters is 1. The van der Waals surface area contributed by atoms with Crippen LogP contribution in [0, 0.1) is 0 Å². The molecule has 0 bridgehead atoms. The lowest BCUT2D eigenvalue weighted by Gasteiger charge is -2.26. The van der Waals surface area contributed by atoms with E-state index in [2.05, 4.69) is 53.3 Å². The van der Waals surface area contributed by atoms with Crippen LogP contribution >= 0.6 is 12.2 Å². The summed E-state index contributed by atoms with van der Waals surface area (Å²) in [5.41, 5.74) is 4.37. The van der Waals surface area contributed by atoms with Crippen LogP contribution in [0.3, 0.4) is 0 Å². The molecule has 0 spiro atoms. The quantitative estimate of drug-likeness (QED) is 0.243. The largest absolute Gasteiger partial charge is 0.465 e. The van der Waals surface area contributed by atoms with E-state index in [1.165, 1.54) is 12.7 Å². The van der Waals surface area contributed by atoms with Crippen molar-refractivity contribution in [1.82, 2.24) is 10.3 Å². The van der Waals surface area contributed by atoms with E-state index in [1.54, 1.807) is 18.3 Å². The Labute approximate surface area is 215 Å². The Hall–Kier alpha value is -3.97. The third-order valence-corrected chi connectivity index (χ3v) is 6.74. The Morgan fingerprint density at radius 2 is 1.86 bits per heavy atom. The van der Waals surface area contributed by atoms with E-state index < -0.39 is 0 Å². The van der Waals surface area contributed by atoms with Gasteiger partial charge in [0.25, 0.3) is 0 Å². The summed E-state index contributed by atoms with van der Waals surface area (Å²) < 4.78 is 11.3. The first-order valence-corrected chi connectivity index (χ1v) is 12.3. The minimum Gasteiger partial charge on any atom is -0.465 e. The Morgan fingerprint density at radius 1 is 1.06 bits per heavy atom. The summed E-state index contributed by atoms with van der Waals surface area (Å²) in [6.45, 7) is 4.35. The van der Waals surface area contributed by atoms with Gasteiger partial charge in [-0.3, -0.25) is 4.98 Å². The van der Waals surface area contributed by atoms with Gasteiger partial charge in [-0.2, -0.15) is 0 Å². The fourth-order valence-electron chi connectivity index (χ4n) is 4.53. The average Bonchev–Trinajstić information content (AvgIpc) is 3.53. The van der Waals surface area contributed by atoms with Crippen LogP contribution in [0.15, 0.2) is 89.5 Å². The van der Waals surface area contributed by atoms with Gasteiger partial charge in [0.2, 0.25) is 0 Å². The minimum absolute atomic E-state index is 0.205. The van der Waals surface area contributed by atoms with Crippen LogP contribution in [0.5, 0.6) is 0 Å². The molecule has 6 nitrogen and oxygen atoms in total. The number of hydrogen-bond acceptors (Lipinski definition) is 5. The van der Waals surface area contributed by atoms with Crippen molar-refractivity contribution in [3.05, 3.63) is 108 Å². The third-order valence-electron chi connectivity index (χ3n) is 6.42. The first kappa shape index (κ1) is 23.8. The number of anilines is 1. The summed E-state index contributed by atoms with van der Waals surface area (Å²) in [7, 11) is 1.37. The number of thiocarbonyl (C=S) groups is 1. The molecule has 2 atom stereocenters. The molecule has 36 heavy (non-hydrogen) atoms. The summed E-state index contributed by atoms with van der Waals surface area (Å²) in [6.07, 6.45) is 1.78. The van der Waals surface area contributed by atoms with Gasteiger partial charge in [0.15, 0.2) is 5.11 Å². The van der Waals surface area contributed by atoms with Crippen molar-refractivity contribution in [2.75, 3.05) is 12.0 Å². The van der Waals surface area contributed by atoms with Crippen molar-refractivity contribution in [3.8, 4) is 11.3 Å². The molecule has 7 heteroatoms. The van der Waals surface area contributed by atoms with E-state index in [-0.39, 0.29) is 18.1 Å². The van der Waals surface area contributed by atoms with E-state index in [0.717, 1.165) is 22.7 Å². The van der Waals surface area contributed by atoms with Crippen molar-refractivity contribution in [3.63, 3.8) is 0 Å². The number of nitrogens with one attached hydrogen (secondary N) is 1. The standard InChI is InChI=1S/C29H27N3O3S/c1-18(2)19-10-12-22(13-11-19)32-27(26(31-29(32)36)23-9-4-5-16-30-23)25-15-14-24(35-25)20-7-6-8-21(17-20)28(33)34-3/h4-18,26-27H,1-3H3,(H,31,36). The molecule has 1 aliphatic rings. The Morgan fingerprint density at radius 3 is 2.56 bits per heavy atom. The SMILES string of the molecule is COC(=O)c1cccc(-c2ccc(C3C(c4ccccn4)NC(=S)N3c3ccc(C(C)C)cc3)o2)c1. The van der Waals surface area contributed by atoms with Gasteiger partial charge in [-0.1, -0.05) is 44.2 Å². The second-order valence-electron chi connectivity index (χ2n) is 9.02. The number of ether oxygens (including phenoxy) is 1. The zero-order chi connectivity index (χ0) is 25.2. The average molecular weight is 498 g/mol. The first-order valence-electron chi connectivity index (χ1n) is 11.9. The van der Waals surface area contributed by atoms with Gasteiger partial charge in [-0.15, -0.1) is 0 Å². The van der Waals surface area contributed by atoms with Gasteiger partial charge in [-0.25, -0.2) is 4.79 Å². The highest BCUT2D eigenvalue weighted by molar-refractivity contribution is 7.80. The van der Waals surface area contributed by atoms with Crippen LogP contribution in [0.25, 0.3) is 11.3 Å². The maximum Gasteiger partial charge on any atom is 0.337 e. The van der Waals surface area contributed by atoms with E-state index in [4.69, 9.17) is 21.4 Å². The fraction of sp³-hybridized carbons (Fsp3) is 0.207. The van der Waals surface area contributed by atoms with Gasteiger partial charge in [0, 0.05) is 17.4 Å².